The van der Waals surface area contributed by atoms with Crippen LogP contribution in [-0.4, -0.2) is 95.5 Å². The molecule has 11 heteroatoms. The summed E-state index contributed by atoms with van der Waals surface area (Å²) < 4.78 is 52.4. The zero-order valence-electron chi connectivity index (χ0n) is 18.2. The third-order valence-electron chi connectivity index (χ3n) is 5.92. The van der Waals surface area contributed by atoms with E-state index in [9.17, 15) is 21.6 Å². The Morgan fingerprint density at radius 3 is 2.29 bits per heavy atom. The molecule has 0 bridgehead atoms. The van der Waals surface area contributed by atoms with Crippen molar-refractivity contribution >= 4 is 26.0 Å². The number of piperidine rings is 1. The molecule has 2 heterocycles. The molecule has 1 aromatic rings. The molecule has 0 saturated carbocycles. The molecule has 1 unspecified atom stereocenters. The van der Waals surface area contributed by atoms with Crippen LogP contribution in [0.5, 0.6) is 0 Å². The molecule has 1 amide bonds. The quantitative estimate of drug-likeness (QED) is 0.603. The predicted octanol–water partition coefficient (Wildman–Crippen LogP) is 0.0891. The number of aryl methyl sites for hydroxylation is 1. The zero-order chi connectivity index (χ0) is 22.6. The predicted molar refractivity (Wildman–Crippen MR) is 119 cm³/mol. The molecule has 0 radical (unpaired) electrons. The Bertz CT molecular complexity index is 971. The third kappa shape index (κ3) is 6.72. The van der Waals surface area contributed by atoms with Gasteiger partial charge < -0.3 is 4.90 Å². The van der Waals surface area contributed by atoms with E-state index in [-0.39, 0.29) is 23.3 Å². The van der Waals surface area contributed by atoms with Crippen LogP contribution in [0.3, 0.4) is 0 Å². The molecule has 2 aliphatic heterocycles. The van der Waals surface area contributed by atoms with E-state index >= 15 is 0 Å². The summed E-state index contributed by atoms with van der Waals surface area (Å²) in [6, 6.07) is 6.76. The fourth-order valence-corrected chi connectivity index (χ4v) is 5.99. The van der Waals surface area contributed by atoms with E-state index in [2.05, 4.69) is 9.62 Å². The summed E-state index contributed by atoms with van der Waals surface area (Å²) in [6.45, 7) is 5.45. The Morgan fingerprint density at radius 2 is 1.68 bits per heavy atom. The molecule has 2 saturated heterocycles. The van der Waals surface area contributed by atoms with Crippen LogP contribution >= 0.6 is 0 Å². The van der Waals surface area contributed by atoms with Crippen molar-refractivity contribution in [2.75, 3.05) is 58.6 Å². The van der Waals surface area contributed by atoms with Gasteiger partial charge in [0.05, 0.1) is 17.7 Å². The highest BCUT2D eigenvalue weighted by molar-refractivity contribution is 7.89. The minimum absolute atomic E-state index is 0.00552. The molecular formula is C20H32N4O5S2. The second kappa shape index (κ2) is 9.95. The molecule has 9 nitrogen and oxygen atoms in total. The van der Waals surface area contributed by atoms with Crippen molar-refractivity contribution in [1.82, 2.24) is 18.8 Å². The summed E-state index contributed by atoms with van der Waals surface area (Å²) in [6.07, 6.45) is 3.01. The second-order valence-electron chi connectivity index (χ2n) is 8.45. The van der Waals surface area contributed by atoms with Gasteiger partial charge in [-0.15, -0.1) is 0 Å². The van der Waals surface area contributed by atoms with Gasteiger partial charge in [0.25, 0.3) is 0 Å². The monoisotopic (exact) mass is 472 g/mol. The highest BCUT2D eigenvalue weighted by Crippen LogP contribution is 2.18. The Morgan fingerprint density at radius 1 is 1.03 bits per heavy atom. The first kappa shape index (κ1) is 24.1. The molecule has 0 aromatic heterocycles. The average molecular weight is 473 g/mol. The minimum atomic E-state index is -3.55. The number of amides is 1. The van der Waals surface area contributed by atoms with Crippen LogP contribution in [0.2, 0.25) is 0 Å². The maximum absolute atomic E-state index is 12.7. The fraction of sp³-hybridized carbons (Fsp3) is 0.650. The van der Waals surface area contributed by atoms with E-state index in [1.807, 2.05) is 6.92 Å². The van der Waals surface area contributed by atoms with E-state index in [0.717, 1.165) is 24.9 Å². The average Bonchev–Trinajstić information content (AvgIpc) is 2.72. The summed E-state index contributed by atoms with van der Waals surface area (Å²) in [4.78, 5) is 16.7. The topological polar surface area (TPSA) is 107 Å². The first-order chi connectivity index (χ1) is 14.5. The van der Waals surface area contributed by atoms with Crippen LogP contribution in [0, 0.1) is 12.8 Å². The van der Waals surface area contributed by atoms with Crippen LogP contribution in [-0.2, 0) is 24.8 Å². The van der Waals surface area contributed by atoms with Gasteiger partial charge in [-0.1, -0.05) is 17.7 Å². The summed E-state index contributed by atoms with van der Waals surface area (Å²) in [7, 11) is -6.77. The van der Waals surface area contributed by atoms with E-state index in [1.165, 1.54) is 10.6 Å². The molecule has 0 aliphatic carbocycles. The van der Waals surface area contributed by atoms with Gasteiger partial charge in [-0.05, 0) is 44.4 Å². The molecule has 1 N–H and O–H groups in total. The van der Waals surface area contributed by atoms with Gasteiger partial charge in [-0.2, -0.15) is 4.31 Å². The van der Waals surface area contributed by atoms with E-state index in [1.54, 1.807) is 29.2 Å². The number of nitrogens with zero attached hydrogens (tertiary/aromatic N) is 3. The maximum Gasteiger partial charge on any atom is 0.240 e. The van der Waals surface area contributed by atoms with Gasteiger partial charge in [-0.3, -0.25) is 9.69 Å². The number of carbonyl (C=O) groups is 1. The van der Waals surface area contributed by atoms with Crippen molar-refractivity contribution in [2.24, 2.45) is 5.92 Å². The van der Waals surface area contributed by atoms with Crippen molar-refractivity contribution in [3.63, 3.8) is 0 Å². The van der Waals surface area contributed by atoms with Crippen LogP contribution in [0.4, 0.5) is 0 Å². The maximum atomic E-state index is 12.7. The van der Waals surface area contributed by atoms with Crippen LogP contribution in [0.1, 0.15) is 18.4 Å². The number of hydrogen-bond acceptors (Lipinski definition) is 6. The van der Waals surface area contributed by atoms with Crippen LogP contribution < -0.4 is 4.72 Å². The molecule has 0 spiro atoms. The number of carbonyl (C=O) groups excluding carboxylic acids is 1. The number of rotatable bonds is 7. The van der Waals surface area contributed by atoms with E-state index in [4.69, 9.17) is 0 Å². The molecule has 2 fully saturated rings. The lowest BCUT2D eigenvalue weighted by atomic mass is 9.98. The lowest BCUT2D eigenvalue weighted by molar-refractivity contribution is -0.134. The van der Waals surface area contributed by atoms with Crippen molar-refractivity contribution in [2.45, 2.75) is 24.7 Å². The second-order valence-corrected chi connectivity index (χ2v) is 12.2. The lowest BCUT2D eigenvalue weighted by Crippen LogP contribution is -2.53. The van der Waals surface area contributed by atoms with Crippen molar-refractivity contribution in [1.29, 1.82) is 0 Å². The molecule has 31 heavy (non-hydrogen) atoms. The van der Waals surface area contributed by atoms with Crippen LogP contribution in [0.15, 0.2) is 29.2 Å². The fourth-order valence-electron chi connectivity index (χ4n) is 4.05. The summed E-state index contributed by atoms with van der Waals surface area (Å²) >= 11 is 0. The smallest absolute Gasteiger partial charge is 0.240 e. The highest BCUT2D eigenvalue weighted by atomic mass is 32.2. The number of sulfonamides is 2. The lowest BCUT2D eigenvalue weighted by Gasteiger charge is -2.36. The van der Waals surface area contributed by atoms with Crippen molar-refractivity contribution in [3.05, 3.63) is 29.8 Å². The van der Waals surface area contributed by atoms with Gasteiger partial charge in [0.15, 0.2) is 0 Å². The standard InChI is InChI=1S/C20H32N4O5S2/c1-17-5-7-19(8-6-17)31(28,29)21-14-18-4-3-9-22(15-18)16-20(25)23-10-12-24(13-11-23)30(2,26)27/h5-8,18,21H,3-4,9-16H2,1-2H3. The molecule has 1 aromatic carbocycles. The van der Waals surface area contributed by atoms with E-state index in [0.29, 0.717) is 39.3 Å². The van der Waals surface area contributed by atoms with Gasteiger partial charge in [0.1, 0.15) is 0 Å². The zero-order valence-corrected chi connectivity index (χ0v) is 19.8. The Kier molecular flexibility index (Phi) is 7.74. The molecule has 1 atom stereocenters. The SMILES string of the molecule is Cc1ccc(S(=O)(=O)NCC2CCCN(CC(=O)N3CCN(S(C)(=O)=O)CC3)C2)cc1. The Labute approximate surface area is 185 Å². The number of benzene rings is 1. The summed E-state index contributed by atoms with van der Waals surface area (Å²) in [5.74, 6) is 0.137. The highest BCUT2D eigenvalue weighted by Gasteiger charge is 2.29. The van der Waals surface area contributed by atoms with Crippen molar-refractivity contribution in [3.8, 4) is 0 Å². The first-order valence-electron chi connectivity index (χ1n) is 10.6. The normalized spacial score (nSPS) is 21.9. The first-order valence-corrected chi connectivity index (χ1v) is 13.9. The van der Waals surface area contributed by atoms with Gasteiger partial charge in [-0.25, -0.2) is 21.6 Å². The van der Waals surface area contributed by atoms with E-state index < -0.39 is 20.0 Å². The van der Waals surface area contributed by atoms with Gasteiger partial charge >= 0.3 is 0 Å². The Balaban J connectivity index is 1.47. The van der Waals surface area contributed by atoms with Gasteiger partial charge in [0.2, 0.25) is 26.0 Å². The molecule has 2 aliphatic rings. The van der Waals surface area contributed by atoms with Crippen LogP contribution in [0.25, 0.3) is 0 Å². The third-order valence-corrected chi connectivity index (χ3v) is 8.66. The minimum Gasteiger partial charge on any atom is -0.339 e. The number of piperazine rings is 1. The van der Waals surface area contributed by atoms with Gasteiger partial charge in [0, 0.05) is 39.3 Å². The summed E-state index contributed by atoms with van der Waals surface area (Å²) in [5.41, 5.74) is 1.00. The number of nitrogens with one attached hydrogen (secondary N) is 1. The number of likely N-dealkylation sites (tertiary alicyclic amines) is 1. The van der Waals surface area contributed by atoms with Crippen molar-refractivity contribution < 1.29 is 21.6 Å². The molecule has 3 rings (SSSR count). The summed E-state index contributed by atoms with van der Waals surface area (Å²) in [5, 5.41) is 0. The molecule has 174 valence electrons. The molecular weight excluding hydrogens is 440 g/mol. The Hall–Kier alpha value is -1.53. The number of hydrogen-bond donors (Lipinski definition) is 1. The largest absolute Gasteiger partial charge is 0.339 e.